The number of fused-ring (bicyclic) bond motifs is 1. The third-order valence-electron chi connectivity index (χ3n) is 5.50. The quantitative estimate of drug-likeness (QED) is 0.438. The first kappa shape index (κ1) is 19.4. The number of nitrogens with one attached hydrogen (secondary N) is 1. The Morgan fingerprint density at radius 3 is 2.90 bits per heavy atom. The van der Waals surface area contributed by atoms with Gasteiger partial charge in [-0.2, -0.15) is 5.10 Å². The van der Waals surface area contributed by atoms with Gasteiger partial charge in [0.2, 0.25) is 5.78 Å². The maximum atomic E-state index is 12.8. The smallest absolute Gasteiger partial charge is 0.411 e. The summed E-state index contributed by atoms with van der Waals surface area (Å²) in [7, 11) is 0. The Morgan fingerprint density at radius 2 is 2.13 bits per heavy atom. The van der Waals surface area contributed by atoms with E-state index in [0.717, 1.165) is 17.7 Å². The number of nitrogens with zero attached hydrogens (tertiary/aromatic N) is 3. The van der Waals surface area contributed by atoms with E-state index in [0.29, 0.717) is 40.2 Å². The molecule has 4 aromatic rings. The summed E-state index contributed by atoms with van der Waals surface area (Å²) in [6.07, 6.45) is 3.86. The van der Waals surface area contributed by atoms with E-state index >= 15 is 0 Å². The highest BCUT2D eigenvalue weighted by Gasteiger charge is 2.33. The van der Waals surface area contributed by atoms with Crippen LogP contribution in [0.25, 0.3) is 16.9 Å². The fraction of sp³-hybridized carbons (Fsp3) is 0.217. The molecule has 1 saturated carbocycles. The standard InChI is InChI=1S/C23H20N4O3S/c1-14-10-16(14)13-30-23(29)26-17-5-2-4-15(11-17)19-7-8-24-22-18(12-25-27(19)22)21(28)20-6-3-9-31-20/h2-9,11-12,14,16H,10,13H2,1H3,(H,26,29). The molecule has 1 aliphatic carbocycles. The Balaban J connectivity index is 1.40. The number of anilines is 1. The molecule has 156 valence electrons. The van der Waals surface area contributed by atoms with Gasteiger partial charge in [0.1, 0.15) is 0 Å². The van der Waals surface area contributed by atoms with Crippen molar-refractivity contribution >= 4 is 34.5 Å². The summed E-state index contributed by atoms with van der Waals surface area (Å²) in [6.45, 7) is 2.60. The van der Waals surface area contributed by atoms with Crippen molar-refractivity contribution in [1.29, 1.82) is 0 Å². The second kappa shape index (κ2) is 7.96. The Bertz CT molecular complexity index is 1270. The number of thiophene rings is 1. The third-order valence-corrected chi connectivity index (χ3v) is 6.37. The van der Waals surface area contributed by atoms with Crippen LogP contribution in [-0.4, -0.2) is 33.1 Å². The second-order valence-electron chi connectivity index (χ2n) is 7.71. The number of amides is 1. The summed E-state index contributed by atoms with van der Waals surface area (Å²) in [5, 5.41) is 9.05. The van der Waals surface area contributed by atoms with E-state index in [1.165, 1.54) is 11.3 Å². The van der Waals surface area contributed by atoms with Gasteiger partial charge < -0.3 is 4.74 Å². The average molecular weight is 433 g/mol. The van der Waals surface area contributed by atoms with Crippen molar-refractivity contribution in [3.8, 4) is 11.3 Å². The highest BCUT2D eigenvalue weighted by Crippen LogP contribution is 2.37. The van der Waals surface area contributed by atoms with Crippen molar-refractivity contribution < 1.29 is 14.3 Å². The molecule has 0 saturated heterocycles. The number of ether oxygens (including phenoxy) is 1. The SMILES string of the molecule is CC1CC1COC(=O)Nc1cccc(-c2ccnc3c(C(=O)c4cccs4)cnn23)c1. The van der Waals surface area contributed by atoms with Gasteiger partial charge in [-0.15, -0.1) is 11.3 Å². The Morgan fingerprint density at radius 1 is 1.26 bits per heavy atom. The Hall–Kier alpha value is -3.52. The van der Waals surface area contributed by atoms with Crippen molar-refractivity contribution in [2.24, 2.45) is 11.8 Å². The van der Waals surface area contributed by atoms with E-state index < -0.39 is 6.09 Å². The van der Waals surface area contributed by atoms with Gasteiger partial charge in [0, 0.05) is 17.4 Å². The normalized spacial score (nSPS) is 17.5. The summed E-state index contributed by atoms with van der Waals surface area (Å²) in [6, 6.07) is 12.9. The molecule has 3 heterocycles. The first-order valence-corrected chi connectivity index (χ1v) is 10.9. The highest BCUT2D eigenvalue weighted by molar-refractivity contribution is 7.12. The summed E-state index contributed by atoms with van der Waals surface area (Å²) in [5.41, 5.74) is 3.17. The molecule has 1 amide bonds. The number of aromatic nitrogens is 3. The molecule has 2 atom stereocenters. The van der Waals surface area contributed by atoms with Gasteiger partial charge in [-0.1, -0.05) is 25.1 Å². The molecule has 5 rings (SSSR count). The zero-order valence-corrected chi connectivity index (χ0v) is 17.6. The monoisotopic (exact) mass is 432 g/mol. The van der Waals surface area contributed by atoms with Gasteiger partial charge in [-0.05, 0) is 47.9 Å². The lowest BCUT2D eigenvalue weighted by atomic mass is 10.1. The topological polar surface area (TPSA) is 85.6 Å². The average Bonchev–Trinajstić information content (AvgIpc) is 3.17. The number of carbonyl (C=O) groups excluding carboxylic acids is 2. The van der Waals surface area contributed by atoms with E-state index in [-0.39, 0.29) is 5.78 Å². The third kappa shape index (κ3) is 3.94. The minimum atomic E-state index is -0.459. The molecule has 2 unspecified atom stereocenters. The lowest BCUT2D eigenvalue weighted by Gasteiger charge is -2.09. The molecule has 0 bridgehead atoms. The number of rotatable bonds is 6. The van der Waals surface area contributed by atoms with Crippen LogP contribution in [0.4, 0.5) is 10.5 Å². The fourth-order valence-electron chi connectivity index (χ4n) is 3.53. The summed E-state index contributed by atoms with van der Waals surface area (Å²) < 4.78 is 6.95. The van der Waals surface area contributed by atoms with Crippen LogP contribution in [0, 0.1) is 11.8 Å². The predicted octanol–water partition coefficient (Wildman–Crippen LogP) is 4.89. The van der Waals surface area contributed by atoms with Crippen molar-refractivity contribution in [2.45, 2.75) is 13.3 Å². The van der Waals surface area contributed by atoms with Crippen LogP contribution >= 0.6 is 11.3 Å². The summed E-state index contributed by atoms with van der Waals surface area (Å²) in [4.78, 5) is 29.9. The molecular weight excluding hydrogens is 412 g/mol. The second-order valence-corrected chi connectivity index (χ2v) is 8.66. The molecule has 0 spiro atoms. The Kier molecular flexibility index (Phi) is 4.99. The lowest BCUT2D eigenvalue weighted by Crippen LogP contribution is -2.15. The van der Waals surface area contributed by atoms with Gasteiger partial charge in [0.15, 0.2) is 5.65 Å². The zero-order valence-electron chi connectivity index (χ0n) is 16.8. The number of benzene rings is 1. The van der Waals surface area contributed by atoms with E-state index in [9.17, 15) is 9.59 Å². The van der Waals surface area contributed by atoms with Crippen LogP contribution in [0.1, 0.15) is 28.6 Å². The lowest BCUT2D eigenvalue weighted by molar-refractivity contribution is 0.104. The van der Waals surface area contributed by atoms with Crippen LogP contribution in [0.2, 0.25) is 0 Å². The van der Waals surface area contributed by atoms with E-state index in [2.05, 4.69) is 22.3 Å². The van der Waals surface area contributed by atoms with E-state index in [1.807, 2.05) is 35.7 Å². The molecule has 1 aliphatic rings. The summed E-state index contributed by atoms with van der Waals surface area (Å²) >= 11 is 1.39. The molecule has 7 nitrogen and oxygen atoms in total. The maximum absolute atomic E-state index is 12.8. The molecule has 8 heteroatoms. The molecule has 3 aromatic heterocycles. The van der Waals surface area contributed by atoms with Gasteiger partial charge in [0.05, 0.1) is 28.9 Å². The first-order chi connectivity index (χ1) is 15.1. The van der Waals surface area contributed by atoms with E-state index in [4.69, 9.17) is 4.74 Å². The van der Waals surface area contributed by atoms with Crippen molar-refractivity contribution in [3.63, 3.8) is 0 Å². The molecule has 1 aromatic carbocycles. The zero-order chi connectivity index (χ0) is 21.4. The molecule has 1 N–H and O–H groups in total. The molecular formula is C23H20N4O3S. The predicted molar refractivity (Wildman–Crippen MR) is 118 cm³/mol. The number of hydrogen-bond acceptors (Lipinski definition) is 6. The largest absolute Gasteiger partial charge is 0.449 e. The van der Waals surface area contributed by atoms with Crippen molar-refractivity contribution in [2.75, 3.05) is 11.9 Å². The van der Waals surface area contributed by atoms with Crippen LogP contribution in [0.5, 0.6) is 0 Å². The highest BCUT2D eigenvalue weighted by atomic mass is 32.1. The molecule has 1 fully saturated rings. The van der Waals surface area contributed by atoms with Gasteiger partial charge in [-0.3, -0.25) is 10.1 Å². The van der Waals surface area contributed by atoms with Gasteiger partial charge in [-0.25, -0.2) is 14.3 Å². The van der Waals surface area contributed by atoms with E-state index in [1.54, 1.807) is 29.0 Å². The first-order valence-electron chi connectivity index (χ1n) is 10.1. The fourth-order valence-corrected chi connectivity index (χ4v) is 4.21. The van der Waals surface area contributed by atoms with Crippen LogP contribution in [-0.2, 0) is 4.74 Å². The molecule has 31 heavy (non-hydrogen) atoms. The summed E-state index contributed by atoms with van der Waals surface area (Å²) in [5.74, 6) is 1.02. The van der Waals surface area contributed by atoms with Crippen molar-refractivity contribution in [1.82, 2.24) is 14.6 Å². The minimum absolute atomic E-state index is 0.0993. The Labute approximate surface area is 182 Å². The maximum Gasteiger partial charge on any atom is 0.411 e. The number of carbonyl (C=O) groups is 2. The number of ketones is 1. The molecule has 0 radical (unpaired) electrons. The van der Waals surface area contributed by atoms with Gasteiger partial charge >= 0.3 is 6.09 Å². The van der Waals surface area contributed by atoms with Crippen LogP contribution in [0.3, 0.4) is 0 Å². The molecule has 0 aliphatic heterocycles. The number of hydrogen-bond donors (Lipinski definition) is 1. The van der Waals surface area contributed by atoms with Crippen LogP contribution < -0.4 is 5.32 Å². The van der Waals surface area contributed by atoms with Crippen LogP contribution in [0.15, 0.2) is 60.2 Å². The van der Waals surface area contributed by atoms with Crippen molar-refractivity contribution in [3.05, 3.63) is 70.7 Å². The van der Waals surface area contributed by atoms with Gasteiger partial charge in [0.25, 0.3) is 0 Å². The minimum Gasteiger partial charge on any atom is -0.449 e.